The van der Waals surface area contributed by atoms with Crippen LogP contribution in [0.3, 0.4) is 0 Å². The molecule has 0 atom stereocenters. The summed E-state index contributed by atoms with van der Waals surface area (Å²) in [6.45, 7) is 6.91. The zero-order chi connectivity index (χ0) is 12.1. The normalized spacial score (nSPS) is 14.5. The Bertz CT molecular complexity index is 366. The van der Waals surface area contributed by atoms with E-state index in [1.165, 1.54) is 11.3 Å². The van der Waals surface area contributed by atoms with Gasteiger partial charge in [-0.1, -0.05) is 0 Å². The summed E-state index contributed by atoms with van der Waals surface area (Å²) in [6.07, 6.45) is 2.97. The summed E-state index contributed by atoms with van der Waals surface area (Å²) in [5, 5.41) is 6.49. The minimum atomic E-state index is 0.864. The van der Waals surface area contributed by atoms with Crippen LogP contribution in [0.5, 0.6) is 0 Å². The van der Waals surface area contributed by atoms with Gasteiger partial charge in [0, 0.05) is 50.9 Å². The summed E-state index contributed by atoms with van der Waals surface area (Å²) in [7, 11) is 1.97. The third kappa shape index (κ3) is 2.92. The van der Waals surface area contributed by atoms with Crippen molar-refractivity contribution in [2.45, 2.75) is 19.9 Å². The van der Waals surface area contributed by atoms with Gasteiger partial charge in [0.2, 0.25) is 5.95 Å². The molecule has 0 fully saturated rings. The van der Waals surface area contributed by atoms with E-state index in [4.69, 9.17) is 0 Å². The van der Waals surface area contributed by atoms with Crippen LogP contribution in [-0.4, -0.2) is 43.2 Å². The van der Waals surface area contributed by atoms with E-state index in [2.05, 4.69) is 32.4 Å². The smallest absolute Gasteiger partial charge is 0.225 e. The molecule has 2 heterocycles. The van der Waals surface area contributed by atoms with Crippen molar-refractivity contribution in [2.75, 3.05) is 38.1 Å². The Balaban J connectivity index is 2.13. The van der Waals surface area contributed by atoms with E-state index in [1.54, 1.807) is 0 Å². The van der Waals surface area contributed by atoms with E-state index < -0.39 is 0 Å². The lowest BCUT2D eigenvalue weighted by atomic mass is 10.1. The molecule has 0 aliphatic carbocycles. The van der Waals surface area contributed by atoms with Gasteiger partial charge >= 0.3 is 0 Å². The lowest BCUT2D eigenvalue weighted by Gasteiger charge is -2.23. The zero-order valence-electron chi connectivity index (χ0n) is 10.7. The van der Waals surface area contributed by atoms with E-state index in [9.17, 15) is 0 Å². The molecule has 1 aliphatic rings. The average Bonchev–Trinajstić information content (AvgIpc) is 2.39. The summed E-state index contributed by atoms with van der Waals surface area (Å²) in [6, 6.07) is 0. The second-order valence-electron chi connectivity index (χ2n) is 4.25. The number of likely N-dealkylation sites (N-methyl/N-ethyl adjacent to an activating group) is 2. The maximum absolute atomic E-state index is 4.68. The number of hydrogen-bond acceptors (Lipinski definition) is 5. The number of nitrogens with zero attached hydrogens (tertiary/aromatic N) is 3. The van der Waals surface area contributed by atoms with Crippen LogP contribution in [0.15, 0.2) is 6.20 Å². The molecule has 0 amide bonds. The van der Waals surface area contributed by atoms with Gasteiger partial charge in [-0.3, -0.25) is 0 Å². The molecule has 5 nitrogen and oxygen atoms in total. The van der Waals surface area contributed by atoms with Crippen LogP contribution in [0.25, 0.3) is 0 Å². The van der Waals surface area contributed by atoms with Crippen molar-refractivity contribution in [2.24, 2.45) is 0 Å². The third-order valence-corrected chi connectivity index (χ3v) is 3.09. The quantitative estimate of drug-likeness (QED) is 0.762. The van der Waals surface area contributed by atoms with Gasteiger partial charge in [-0.25, -0.2) is 9.97 Å². The number of rotatable bonds is 5. The highest BCUT2D eigenvalue weighted by molar-refractivity contribution is 5.34. The minimum absolute atomic E-state index is 0.864. The van der Waals surface area contributed by atoms with Gasteiger partial charge in [0.25, 0.3) is 0 Å². The molecule has 0 aromatic carbocycles. The minimum Gasteiger partial charge on any atom is -0.340 e. The summed E-state index contributed by atoms with van der Waals surface area (Å²) < 4.78 is 0. The molecule has 2 N–H and O–H groups in total. The van der Waals surface area contributed by atoms with Crippen molar-refractivity contribution in [3.05, 3.63) is 17.5 Å². The van der Waals surface area contributed by atoms with Crippen LogP contribution in [0.1, 0.15) is 18.2 Å². The van der Waals surface area contributed by atoms with Crippen molar-refractivity contribution in [1.82, 2.24) is 20.6 Å². The van der Waals surface area contributed by atoms with Gasteiger partial charge in [0.05, 0.1) is 5.69 Å². The van der Waals surface area contributed by atoms with E-state index in [0.717, 1.165) is 45.1 Å². The summed E-state index contributed by atoms with van der Waals surface area (Å²) in [5.41, 5.74) is 2.45. The fourth-order valence-electron chi connectivity index (χ4n) is 2.02. The number of fused-ring (bicyclic) bond motifs is 1. The molecule has 0 bridgehead atoms. The van der Waals surface area contributed by atoms with Gasteiger partial charge in [0.15, 0.2) is 0 Å². The predicted molar refractivity (Wildman–Crippen MR) is 69.3 cm³/mol. The van der Waals surface area contributed by atoms with Crippen molar-refractivity contribution in [1.29, 1.82) is 0 Å². The first-order valence-corrected chi connectivity index (χ1v) is 6.30. The first-order chi connectivity index (χ1) is 8.35. The van der Waals surface area contributed by atoms with Crippen molar-refractivity contribution in [3.63, 3.8) is 0 Å². The zero-order valence-corrected chi connectivity index (χ0v) is 10.7. The predicted octanol–water partition coefficient (Wildman–Crippen LogP) is 0.168. The monoisotopic (exact) mass is 235 g/mol. The molecule has 1 aliphatic heterocycles. The highest BCUT2D eigenvalue weighted by atomic mass is 15.3. The fraction of sp³-hybridized carbons (Fsp3) is 0.667. The Morgan fingerprint density at radius 1 is 1.53 bits per heavy atom. The van der Waals surface area contributed by atoms with Crippen LogP contribution in [-0.2, 0) is 13.0 Å². The molecule has 5 heteroatoms. The molecule has 94 valence electrons. The number of nitrogens with one attached hydrogen (secondary N) is 2. The highest BCUT2D eigenvalue weighted by Crippen LogP contribution is 2.14. The van der Waals surface area contributed by atoms with E-state index in [-0.39, 0.29) is 0 Å². The molecule has 1 aromatic heterocycles. The molecule has 0 spiro atoms. The lowest BCUT2D eigenvalue weighted by molar-refractivity contribution is 0.621. The molecular formula is C12H21N5. The van der Waals surface area contributed by atoms with Gasteiger partial charge in [-0.15, -0.1) is 0 Å². The van der Waals surface area contributed by atoms with Gasteiger partial charge in [0.1, 0.15) is 0 Å². The van der Waals surface area contributed by atoms with Gasteiger partial charge in [-0.05, 0) is 14.0 Å². The Hall–Kier alpha value is -1.20. The Morgan fingerprint density at radius 2 is 2.41 bits per heavy atom. The largest absolute Gasteiger partial charge is 0.340 e. The van der Waals surface area contributed by atoms with Gasteiger partial charge < -0.3 is 15.5 Å². The van der Waals surface area contributed by atoms with E-state index >= 15 is 0 Å². The number of anilines is 1. The Kier molecular flexibility index (Phi) is 4.28. The highest BCUT2D eigenvalue weighted by Gasteiger charge is 2.14. The maximum Gasteiger partial charge on any atom is 0.225 e. The third-order valence-electron chi connectivity index (χ3n) is 3.09. The van der Waals surface area contributed by atoms with Crippen LogP contribution in [0.2, 0.25) is 0 Å². The number of hydrogen-bond donors (Lipinski definition) is 2. The molecule has 1 aromatic rings. The molecular weight excluding hydrogens is 214 g/mol. The van der Waals surface area contributed by atoms with Crippen molar-refractivity contribution < 1.29 is 0 Å². The molecule has 2 rings (SSSR count). The van der Waals surface area contributed by atoms with Crippen LogP contribution < -0.4 is 15.5 Å². The molecule has 0 saturated heterocycles. The van der Waals surface area contributed by atoms with E-state index in [1.807, 2.05) is 13.2 Å². The van der Waals surface area contributed by atoms with Crippen molar-refractivity contribution >= 4 is 5.95 Å². The first kappa shape index (κ1) is 12.3. The fourth-order valence-corrected chi connectivity index (χ4v) is 2.02. The van der Waals surface area contributed by atoms with E-state index in [0.29, 0.717) is 0 Å². The second kappa shape index (κ2) is 5.93. The Labute approximate surface area is 103 Å². The molecule has 0 saturated carbocycles. The molecule has 0 radical (unpaired) electrons. The summed E-state index contributed by atoms with van der Waals surface area (Å²) >= 11 is 0. The topological polar surface area (TPSA) is 53.1 Å². The van der Waals surface area contributed by atoms with Crippen LogP contribution in [0, 0.1) is 0 Å². The molecule has 0 unspecified atom stereocenters. The maximum atomic E-state index is 4.68. The van der Waals surface area contributed by atoms with Crippen molar-refractivity contribution in [3.8, 4) is 0 Å². The second-order valence-corrected chi connectivity index (χ2v) is 4.25. The average molecular weight is 235 g/mol. The van der Waals surface area contributed by atoms with Crippen LogP contribution >= 0.6 is 0 Å². The van der Waals surface area contributed by atoms with Crippen LogP contribution in [0.4, 0.5) is 5.95 Å². The molecule has 17 heavy (non-hydrogen) atoms. The number of aromatic nitrogens is 2. The SMILES string of the molecule is CCN(CCNC)c1ncc2c(n1)CCNC2. The van der Waals surface area contributed by atoms with Gasteiger partial charge in [-0.2, -0.15) is 0 Å². The summed E-state index contributed by atoms with van der Waals surface area (Å²) in [4.78, 5) is 11.4. The first-order valence-electron chi connectivity index (χ1n) is 6.30. The standard InChI is InChI=1S/C12H21N5/c1-3-17(7-6-13-2)12-15-9-10-8-14-5-4-11(10)16-12/h9,13-14H,3-8H2,1-2H3. The Morgan fingerprint density at radius 3 is 3.18 bits per heavy atom. The summed E-state index contributed by atoms with van der Waals surface area (Å²) in [5.74, 6) is 0.864. The lowest BCUT2D eigenvalue weighted by Crippen LogP contribution is -2.33.